The second-order valence-electron chi connectivity index (χ2n) is 6.69. The van der Waals surface area contributed by atoms with Crippen LogP contribution in [0.3, 0.4) is 0 Å². The van der Waals surface area contributed by atoms with E-state index in [1.165, 1.54) is 18.2 Å². The van der Waals surface area contributed by atoms with Crippen LogP contribution in [0.15, 0.2) is 72.3 Å². The van der Waals surface area contributed by atoms with Gasteiger partial charge in [0.1, 0.15) is 24.1 Å². The molecule has 0 unspecified atom stereocenters. The Kier molecular flexibility index (Phi) is 8.22. The Hall–Kier alpha value is -3.38. The number of ether oxygens (including phenoxy) is 2. The van der Waals surface area contributed by atoms with Crippen LogP contribution in [0.2, 0.25) is 0 Å². The van der Waals surface area contributed by atoms with Crippen molar-refractivity contribution in [1.82, 2.24) is 0 Å². The topological polar surface area (TPSA) is 71.3 Å². The van der Waals surface area contributed by atoms with E-state index in [1.807, 2.05) is 25.1 Å². The quantitative estimate of drug-likeness (QED) is 0.217. The summed E-state index contributed by atoms with van der Waals surface area (Å²) in [6.07, 6.45) is 1.49. The number of carbonyl (C=O) groups excluding carboxylic acids is 1. The van der Waals surface area contributed by atoms with Crippen LogP contribution >= 0.6 is 22.6 Å². The fourth-order valence-corrected chi connectivity index (χ4v) is 3.15. The van der Waals surface area contributed by atoms with Crippen LogP contribution in [0.5, 0.6) is 11.5 Å². The summed E-state index contributed by atoms with van der Waals surface area (Å²) < 4.78 is 25.6. The number of hydrogen-bond acceptors (Lipinski definition) is 4. The minimum Gasteiger partial charge on any atom is -0.490 e. The zero-order chi connectivity index (χ0) is 22.9. The van der Waals surface area contributed by atoms with Crippen LogP contribution in [0, 0.1) is 20.7 Å². The number of benzene rings is 3. The molecule has 32 heavy (non-hydrogen) atoms. The van der Waals surface area contributed by atoms with E-state index in [0.717, 1.165) is 9.13 Å². The first kappa shape index (κ1) is 23.3. The molecule has 1 amide bonds. The van der Waals surface area contributed by atoms with Gasteiger partial charge < -0.3 is 14.8 Å². The van der Waals surface area contributed by atoms with Gasteiger partial charge in [0.25, 0.3) is 5.91 Å². The predicted octanol–water partition coefficient (Wildman–Crippen LogP) is 5.95. The molecule has 0 aromatic heterocycles. The van der Waals surface area contributed by atoms with E-state index in [-0.39, 0.29) is 18.0 Å². The number of anilines is 1. The highest BCUT2D eigenvalue weighted by Gasteiger charge is 2.12. The first-order chi connectivity index (χ1) is 15.5. The van der Waals surface area contributed by atoms with Crippen LogP contribution in [0.4, 0.5) is 10.1 Å². The minimum absolute atomic E-state index is 0.0361. The summed E-state index contributed by atoms with van der Waals surface area (Å²) >= 11 is 2.17. The average molecular weight is 542 g/mol. The highest BCUT2D eigenvalue weighted by atomic mass is 127. The summed E-state index contributed by atoms with van der Waals surface area (Å²) in [5.74, 6) is 0.191. The molecule has 0 aliphatic carbocycles. The Labute approximate surface area is 199 Å². The molecule has 0 spiro atoms. The molecule has 162 valence electrons. The van der Waals surface area contributed by atoms with Gasteiger partial charge in [-0.2, -0.15) is 5.26 Å². The standard InChI is InChI=1S/C25H20FIN2O3/c1-2-31-24-14-18(5-12-23(24)32-16-17-3-6-20(26)7-4-17)13-19(15-28)25(30)29-22-10-8-21(27)9-11-22/h3-14H,2,16H2,1H3,(H,29,30)/b19-13+. The van der Waals surface area contributed by atoms with Gasteiger partial charge in [0.15, 0.2) is 11.5 Å². The molecule has 7 heteroatoms. The van der Waals surface area contributed by atoms with Gasteiger partial charge in [0.2, 0.25) is 0 Å². The van der Waals surface area contributed by atoms with E-state index >= 15 is 0 Å². The lowest BCUT2D eigenvalue weighted by Gasteiger charge is -2.13. The van der Waals surface area contributed by atoms with E-state index in [0.29, 0.717) is 29.4 Å². The van der Waals surface area contributed by atoms with E-state index in [2.05, 4.69) is 27.9 Å². The molecule has 0 bridgehead atoms. The van der Waals surface area contributed by atoms with Gasteiger partial charge in [-0.3, -0.25) is 4.79 Å². The van der Waals surface area contributed by atoms with Gasteiger partial charge in [-0.1, -0.05) is 18.2 Å². The molecule has 3 aromatic rings. The lowest BCUT2D eigenvalue weighted by Crippen LogP contribution is -2.13. The highest BCUT2D eigenvalue weighted by molar-refractivity contribution is 14.1. The average Bonchev–Trinajstić information content (AvgIpc) is 2.79. The summed E-state index contributed by atoms with van der Waals surface area (Å²) in [5, 5.41) is 12.2. The number of amides is 1. The van der Waals surface area contributed by atoms with Gasteiger partial charge in [-0.15, -0.1) is 0 Å². The van der Waals surface area contributed by atoms with Crippen molar-refractivity contribution in [3.05, 3.63) is 92.8 Å². The second kappa shape index (κ2) is 11.3. The maximum absolute atomic E-state index is 13.1. The molecule has 0 saturated carbocycles. The number of hydrogen-bond donors (Lipinski definition) is 1. The molecule has 3 aromatic carbocycles. The van der Waals surface area contributed by atoms with E-state index in [4.69, 9.17) is 9.47 Å². The molecule has 0 aliphatic rings. The van der Waals surface area contributed by atoms with Crippen molar-refractivity contribution >= 4 is 40.3 Å². The molecule has 0 radical (unpaired) electrons. The Morgan fingerprint density at radius 3 is 2.44 bits per heavy atom. The molecule has 1 N–H and O–H groups in total. The van der Waals surface area contributed by atoms with E-state index in [1.54, 1.807) is 42.5 Å². The monoisotopic (exact) mass is 542 g/mol. The van der Waals surface area contributed by atoms with Crippen LogP contribution in [-0.4, -0.2) is 12.5 Å². The van der Waals surface area contributed by atoms with Crippen LogP contribution in [-0.2, 0) is 11.4 Å². The Morgan fingerprint density at radius 2 is 1.78 bits per heavy atom. The maximum atomic E-state index is 13.1. The molecular weight excluding hydrogens is 522 g/mol. The third-order valence-corrected chi connectivity index (χ3v) is 5.07. The van der Waals surface area contributed by atoms with Crippen LogP contribution in [0.25, 0.3) is 6.08 Å². The van der Waals surface area contributed by atoms with Gasteiger partial charge in [-0.25, -0.2) is 4.39 Å². The fraction of sp³-hybridized carbons (Fsp3) is 0.120. The van der Waals surface area contributed by atoms with Crippen molar-refractivity contribution in [2.24, 2.45) is 0 Å². The Bertz CT molecular complexity index is 1150. The second-order valence-corrected chi connectivity index (χ2v) is 7.93. The first-order valence-corrected chi connectivity index (χ1v) is 10.9. The number of halogens is 2. The van der Waals surface area contributed by atoms with Gasteiger partial charge >= 0.3 is 0 Å². The summed E-state index contributed by atoms with van der Waals surface area (Å²) in [4.78, 5) is 12.5. The summed E-state index contributed by atoms with van der Waals surface area (Å²) in [6.45, 7) is 2.51. The minimum atomic E-state index is -0.497. The molecule has 0 fully saturated rings. The highest BCUT2D eigenvalue weighted by Crippen LogP contribution is 2.30. The van der Waals surface area contributed by atoms with Crippen molar-refractivity contribution in [3.8, 4) is 17.6 Å². The zero-order valence-electron chi connectivity index (χ0n) is 17.3. The predicted molar refractivity (Wildman–Crippen MR) is 130 cm³/mol. The molecule has 0 heterocycles. The van der Waals surface area contributed by atoms with Gasteiger partial charge in [-0.05, 0) is 95.2 Å². The van der Waals surface area contributed by atoms with Crippen molar-refractivity contribution in [1.29, 1.82) is 5.26 Å². The zero-order valence-corrected chi connectivity index (χ0v) is 19.4. The SMILES string of the molecule is CCOc1cc(/C=C(\C#N)C(=O)Nc2ccc(I)cc2)ccc1OCc1ccc(F)cc1. The maximum Gasteiger partial charge on any atom is 0.266 e. The van der Waals surface area contributed by atoms with Crippen LogP contribution < -0.4 is 14.8 Å². The van der Waals surface area contributed by atoms with Crippen molar-refractivity contribution in [2.45, 2.75) is 13.5 Å². The summed E-state index contributed by atoms with van der Waals surface area (Å²) in [7, 11) is 0. The molecule has 3 rings (SSSR count). The molecule has 0 atom stereocenters. The molecule has 5 nitrogen and oxygen atoms in total. The summed E-state index contributed by atoms with van der Waals surface area (Å²) in [5.41, 5.74) is 2.01. The normalized spacial score (nSPS) is 10.9. The number of nitrogens with zero attached hydrogens (tertiary/aromatic N) is 1. The molecule has 0 saturated heterocycles. The number of nitrogens with one attached hydrogen (secondary N) is 1. The van der Waals surface area contributed by atoms with Crippen molar-refractivity contribution < 1.29 is 18.7 Å². The third-order valence-electron chi connectivity index (χ3n) is 4.35. The largest absolute Gasteiger partial charge is 0.490 e. The smallest absolute Gasteiger partial charge is 0.266 e. The number of carbonyl (C=O) groups is 1. The number of rotatable bonds is 8. The third kappa shape index (κ3) is 6.56. The van der Waals surface area contributed by atoms with Crippen molar-refractivity contribution in [3.63, 3.8) is 0 Å². The lowest BCUT2D eigenvalue weighted by atomic mass is 10.1. The van der Waals surface area contributed by atoms with Crippen molar-refractivity contribution in [2.75, 3.05) is 11.9 Å². The van der Waals surface area contributed by atoms with Gasteiger partial charge in [0, 0.05) is 9.26 Å². The summed E-state index contributed by atoms with van der Waals surface area (Å²) in [6, 6.07) is 20.4. The number of nitriles is 1. The Balaban J connectivity index is 1.76. The van der Waals surface area contributed by atoms with Gasteiger partial charge in [0.05, 0.1) is 6.61 Å². The van der Waals surface area contributed by atoms with Crippen LogP contribution in [0.1, 0.15) is 18.1 Å². The molecular formula is C25H20FIN2O3. The first-order valence-electron chi connectivity index (χ1n) is 9.81. The lowest BCUT2D eigenvalue weighted by molar-refractivity contribution is -0.112. The Morgan fingerprint density at radius 1 is 1.06 bits per heavy atom. The fourth-order valence-electron chi connectivity index (χ4n) is 2.79. The molecule has 0 aliphatic heterocycles. The van der Waals surface area contributed by atoms with E-state index < -0.39 is 5.91 Å². The van der Waals surface area contributed by atoms with E-state index in [9.17, 15) is 14.4 Å².